The monoisotopic (exact) mass is 400 g/mol. The third-order valence-electron chi connectivity index (χ3n) is 5.24. The van der Waals surface area contributed by atoms with Crippen LogP contribution in [0.3, 0.4) is 0 Å². The van der Waals surface area contributed by atoms with Crippen LogP contribution in [-0.2, 0) is 0 Å². The van der Waals surface area contributed by atoms with Crippen LogP contribution in [0.2, 0.25) is 0 Å². The standard InChI is InChI=1S/C20H28N6O3/c1-11-12(2)21-20(25-18(11)26(3)4)23-15-7-5-14(6-8-15)22-19(29)13-9-16(27)24-17(28)10-13/h9-10,14-15H,5-8H2,1-4H3,(H,22,29)(H,21,23,25)(H2,24,27,28)/t14-,15+. The molecule has 2 aromatic heterocycles. The van der Waals surface area contributed by atoms with Gasteiger partial charge in [-0.1, -0.05) is 0 Å². The van der Waals surface area contributed by atoms with Gasteiger partial charge in [0.1, 0.15) is 5.82 Å². The summed E-state index contributed by atoms with van der Waals surface area (Å²) >= 11 is 0. The first-order chi connectivity index (χ1) is 13.7. The van der Waals surface area contributed by atoms with E-state index in [9.17, 15) is 15.0 Å². The number of aryl methyl sites for hydroxylation is 1. The molecule has 0 unspecified atom stereocenters. The summed E-state index contributed by atoms with van der Waals surface area (Å²) in [5, 5.41) is 25.3. The van der Waals surface area contributed by atoms with Gasteiger partial charge >= 0.3 is 0 Å². The van der Waals surface area contributed by atoms with Crippen molar-refractivity contribution >= 4 is 17.7 Å². The van der Waals surface area contributed by atoms with Gasteiger partial charge in [0.15, 0.2) is 0 Å². The van der Waals surface area contributed by atoms with E-state index in [2.05, 4.69) is 25.6 Å². The Hall–Kier alpha value is -3.10. The number of aromatic nitrogens is 3. The van der Waals surface area contributed by atoms with E-state index >= 15 is 0 Å². The predicted octanol–water partition coefficient (Wildman–Crippen LogP) is 2.12. The highest BCUT2D eigenvalue weighted by atomic mass is 16.3. The Morgan fingerprint density at radius 2 is 1.59 bits per heavy atom. The first-order valence-electron chi connectivity index (χ1n) is 9.73. The summed E-state index contributed by atoms with van der Waals surface area (Å²) in [5.41, 5.74) is 2.21. The van der Waals surface area contributed by atoms with Crippen LogP contribution >= 0.6 is 0 Å². The van der Waals surface area contributed by atoms with E-state index in [1.165, 1.54) is 12.1 Å². The third-order valence-corrected chi connectivity index (χ3v) is 5.24. The minimum absolute atomic E-state index is 0.0380. The van der Waals surface area contributed by atoms with Crippen molar-refractivity contribution in [2.75, 3.05) is 24.3 Å². The zero-order valence-corrected chi connectivity index (χ0v) is 17.2. The summed E-state index contributed by atoms with van der Waals surface area (Å²) in [7, 11) is 3.93. The molecular formula is C20H28N6O3. The van der Waals surface area contributed by atoms with E-state index in [0.29, 0.717) is 5.95 Å². The van der Waals surface area contributed by atoms with Gasteiger partial charge in [0.05, 0.1) is 5.56 Å². The Morgan fingerprint density at radius 1 is 1.00 bits per heavy atom. The number of hydrogen-bond donors (Lipinski definition) is 4. The van der Waals surface area contributed by atoms with E-state index in [-0.39, 0.29) is 35.3 Å². The molecule has 0 aromatic carbocycles. The largest absolute Gasteiger partial charge is 0.493 e. The maximum absolute atomic E-state index is 12.4. The van der Waals surface area contributed by atoms with E-state index in [0.717, 1.165) is 42.8 Å². The second-order valence-corrected chi connectivity index (χ2v) is 7.71. The van der Waals surface area contributed by atoms with Gasteiger partial charge in [0.25, 0.3) is 5.91 Å². The minimum atomic E-state index is -0.381. The second kappa shape index (κ2) is 8.50. The molecule has 0 saturated heterocycles. The molecule has 0 atom stereocenters. The van der Waals surface area contributed by atoms with Crippen molar-refractivity contribution in [2.45, 2.75) is 51.6 Å². The highest BCUT2D eigenvalue weighted by Gasteiger charge is 2.24. The lowest BCUT2D eigenvalue weighted by Crippen LogP contribution is -2.40. The summed E-state index contributed by atoms with van der Waals surface area (Å²) in [6.45, 7) is 4.00. The molecule has 1 aliphatic carbocycles. The SMILES string of the molecule is Cc1nc(N[C@H]2CC[C@@H](NC(=O)c3cc(O)nc(O)c3)CC2)nc(N(C)C)c1C. The highest BCUT2D eigenvalue weighted by Crippen LogP contribution is 2.24. The smallest absolute Gasteiger partial charge is 0.251 e. The molecule has 9 heteroatoms. The number of rotatable bonds is 5. The Balaban J connectivity index is 1.56. The van der Waals surface area contributed by atoms with Crippen molar-refractivity contribution in [2.24, 2.45) is 0 Å². The summed E-state index contributed by atoms with van der Waals surface area (Å²) in [6, 6.07) is 2.76. The molecule has 3 rings (SSSR count). The molecule has 0 bridgehead atoms. The third kappa shape index (κ3) is 5.04. The molecule has 156 valence electrons. The van der Waals surface area contributed by atoms with E-state index < -0.39 is 0 Å². The minimum Gasteiger partial charge on any atom is -0.493 e. The van der Waals surface area contributed by atoms with Crippen LogP contribution in [0.25, 0.3) is 0 Å². The molecule has 2 aromatic rings. The summed E-state index contributed by atoms with van der Waals surface area (Å²) in [6.07, 6.45) is 3.40. The van der Waals surface area contributed by atoms with Gasteiger partial charge in [0.2, 0.25) is 17.7 Å². The first kappa shape index (κ1) is 20.6. The lowest BCUT2D eigenvalue weighted by atomic mass is 9.91. The summed E-state index contributed by atoms with van der Waals surface area (Å²) < 4.78 is 0. The number of amides is 1. The zero-order chi connectivity index (χ0) is 21.1. The topological polar surface area (TPSA) is 124 Å². The second-order valence-electron chi connectivity index (χ2n) is 7.71. The van der Waals surface area contributed by atoms with Gasteiger partial charge in [-0.15, -0.1) is 0 Å². The van der Waals surface area contributed by atoms with Gasteiger partial charge < -0.3 is 25.7 Å². The molecule has 1 amide bonds. The molecular weight excluding hydrogens is 372 g/mol. The number of pyridine rings is 1. The van der Waals surface area contributed by atoms with Crippen LogP contribution in [0, 0.1) is 13.8 Å². The summed E-state index contributed by atoms with van der Waals surface area (Å²) in [5.74, 6) is 0.446. The number of anilines is 2. The Morgan fingerprint density at radius 3 is 2.17 bits per heavy atom. The van der Waals surface area contributed by atoms with Crippen LogP contribution in [0.5, 0.6) is 11.8 Å². The normalized spacial score (nSPS) is 18.9. The predicted molar refractivity (Wildman–Crippen MR) is 111 cm³/mol. The number of nitrogens with one attached hydrogen (secondary N) is 2. The molecule has 29 heavy (non-hydrogen) atoms. The fourth-order valence-corrected chi connectivity index (χ4v) is 3.58. The van der Waals surface area contributed by atoms with Crippen LogP contribution in [0.15, 0.2) is 12.1 Å². The molecule has 4 N–H and O–H groups in total. The quantitative estimate of drug-likeness (QED) is 0.602. The molecule has 9 nitrogen and oxygen atoms in total. The van der Waals surface area contributed by atoms with Gasteiger partial charge in [0, 0.05) is 49.6 Å². The van der Waals surface area contributed by atoms with Gasteiger partial charge in [-0.25, -0.2) is 4.98 Å². The maximum atomic E-state index is 12.4. The van der Waals surface area contributed by atoms with Gasteiger partial charge in [-0.2, -0.15) is 9.97 Å². The van der Waals surface area contributed by atoms with Crippen LogP contribution in [0.1, 0.15) is 47.3 Å². The molecule has 1 aliphatic rings. The van der Waals surface area contributed by atoms with E-state index in [4.69, 9.17) is 0 Å². The van der Waals surface area contributed by atoms with Gasteiger partial charge in [-0.3, -0.25) is 4.79 Å². The Labute approximate surface area is 170 Å². The van der Waals surface area contributed by atoms with Crippen molar-refractivity contribution in [3.05, 3.63) is 29.0 Å². The zero-order valence-electron chi connectivity index (χ0n) is 17.2. The fourth-order valence-electron chi connectivity index (χ4n) is 3.58. The molecule has 2 heterocycles. The van der Waals surface area contributed by atoms with Gasteiger partial charge in [-0.05, 0) is 39.5 Å². The number of hydrogen-bond acceptors (Lipinski definition) is 8. The molecule has 0 aliphatic heterocycles. The van der Waals surface area contributed by atoms with Crippen LogP contribution < -0.4 is 15.5 Å². The lowest BCUT2D eigenvalue weighted by Gasteiger charge is -2.30. The van der Waals surface area contributed by atoms with Crippen LogP contribution in [0.4, 0.5) is 11.8 Å². The highest BCUT2D eigenvalue weighted by molar-refractivity contribution is 5.94. The Kier molecular flexibility index (Phi) is 6.05. The van der Waals surface area contributed by atoms with E-state index in [1.54, 1.807) is 0 Å². The number of carbonyl (C=O) groups excluding carboxylic acids is 1. The Bertz CT molecular complexity index is 874. The van der Waals surface area contributed by atoms with Crippen molar-refractivity contribution in [3.8, 4) is 11.8 Å². The fraction of sp³-hybridized carbons (Fsp3) is 0.500. The molecule has 0 spiro atoms. The van der Waals surface area contributed by atoms with E-state index in [1.807, 2.05) is 32.8 Å². The maximum Gasteiger partial charge on any atom is 0.251 e. The number of aromatic hydroxyl groups is 2. The average molecular weight is 400 g/mol. The first-order valence-corrected chi connectivity index (χ1v) is 9.73. The van der Waals surface area contributed by atoms with Crippen molar-refractivity contribution in [1.82, 2.24) is 20.3 Å². The molecule has 1 fully saturated rings. The molecule has 0 radical (unpaired) electrons. The number of carbonyl (C=O) groups is 1. The average Bonchev–Trinajstić information content (AvgIpc) is 2.65. The van der Waals surface area contributed by atoms with Crippen LogP contribution in [-0.4, -0.2) is 57.3 Å². The van der Waals surface area contributed by atoms with Crippen molar-refractivity contribution in [3.63, 3.8) is 0 Å². The van der Waals surface area contributed by atoms with Crippen molar-refractivity contribution in [1.29, 1.82) is 0 Å². The van der Waals surface area contributed by atoms with Crippen molar-refractivity contribution < 1.29 is 15.0 Å². The molecule has 1 saturated carbocycles. The summed E-state index contributed by atoms with van der Waals surface area (Å²) in [4.78, 5) is 27.0. The number of nitrogens with zero attached hydrogens (tertiary/aromatic N) is 4. The lowest BCUT2D eigenvalue weighted by molar-refractivity contribution is 0.0925.